The van der Waals surface area contributed by atoms with E-state index in [0.717, 1.165) is 32.8 Å². The number of nitrogens with one attached hydrogen (secondary N) is 2. The Morgan fingerprint density at radius 3 is 2.10 bits per heavy atom. The fourth-order valence-corrected chi connectivity index (χ4v) is 10.00. The van der Waals surface area contributed by atoms with Crippen LogP contribution in [0.2, 0.25) is 0 Å². The Labute approximate surface area is 365 Å². The molecule has 4 heterocycles. The van der Waals surface area contributed by atoms with Crippen molar-refractivity contribution in [2.45, 2.75) is 30.5 Å². The van der Waals surface area contributed by atoms with E-state index in [2.05, 4.69) is 57.2 Å². The number of thiazole rings is 2. The lowest BCUT2D eigenvalue weighted by molar-refractivity contribution is -0.153. The van der Waals surface area contributed by atoms with Crippen molar-refractivity contribution in [3.63, 3.8) is 0 Å². The van der Waals surface area contributed by atoms with E-state index in [1.165, 1.54) is 46.4 Å². The van der Waals surface area contributed by atoms with E-state index in [1.54, 1.807) is 42.3 Å². The van der Waals surface area contributed by atoms with Crippen LogP contribution in [0.25, 0.3) is 6.08 Å². The molecule has 1 unspecified atom stereocenters. The molecule has 8 rings (SSSR count). The molecule has 2 aliphatic heterocycles. The Bertz CT molecular complexity index is 2520. The third-order valence-electron chi connectivity index (χ3n) is 10.3. The quantitative estimate of drug-likeness (QED) is 0.0345. The minimum Gasteiger partial charge on any atom is -0.497 e. The number of aromatic nitrogens is 2. The summed E-state index contributed by atoms with van der Waals surface area (Å²) >= 11 is 4.22. The summed E-state index contributed by atoms with van der Waals surface area (Å²) in [6.07, 6.45) is 3.71. The summed E-state index contributed by atoms with van der Waals surface area (Å²) in [6.45, 7) is 1.89. The number of oxime groups is 1. The zero-order chi connectivity index (χ0) is 42.3. The Kier molecular flexibility index (Phi) is 12.4. The lowest BCUT2D eigenvalue weighted by Gasteiger charge is -2.49. The molecule has 61 heavy (non-hydrogen) atoms. The third kappa shape index (κ3) is 8.44. The molecule has 0 spiro atoms. The van der Waals surface area contributed by atoms with Gasteiger partial charge in [0.2, 0.25) is 0 Å². The van der Waals surface area contributed by atoms with Crippen molar-refractivity contribution in [1.82, 2.24) is 20.2 Å². The average molecular weight is 869 g/mol. The smallest absolute Gasteiger partial charge is 0.355 e. The predicted molar refractivity (Wildman–Crippen MR) is 239 cm³/mol. The van der Waals surface area contributed by atoms with Gasteiger partial charge in [0.1, 0.15) is 47.8 Å². The minimum absolute atomic E-state index is 0.0121. The van der Waals surface area contributed by atoms with Crippen molar-refractivity contribution < 1.29 is 28.7 Å². The number of nitrogens with zero attached hydrogens (tertiary/aromatic N) is 4. The van der Waals surface area contributed by atoms with E-state index in [0.29, 0.717) is 22.2 Å². The Hall–Kier alpha value is -6.55. The maximum Gasteiger partial charge on any atom is 0.355 e. The standard InChI is InChI=1S/C46H40N6O6S3/c1-29-37(61-28-47-29)24-21-31-26-59-43-39(42(54)52(43)40(31)44(55)58-25-30-19-22-35(56-2)23-20-30)49-41(53)38(51-57-3)36-27-60-45(48-36)50-46(32-13-7-4-8-14-32,33-15-9-5-10-16-33)34-17-11-6-12-18-34/h4-24,27-28,39,43H,25-26H2,1-3H3,(H,48,50)(H,49,53)/t39?,43-/m0/s1. The van der Waals surface area contributed by atoms with Crippen LogP contribution in [0.5, 0.6) is 5.75 Å². The van der Waals surface area contributed by atoms with Gasteiger partial charge in [-0.05, 0) is 53.0 Å². The van der Waals surface area contributed by atoms with Crippen LogP contribution >= 0.6 is 34.4 Å². The zero-order valence-electron chi connectivity index (χ0n) is 33.3. The van der Waals surface area contributed by atoms with Gasteiger partial charge in [-0.25, -0.2) is 14.8 Å². The van der Waals surface area contributed by atoms with Gasteiger partial charge in [0.05, 0.1) is 18.3 Å². The summed E-state index contributed by atoms with van der Waals surface area (Å²) in [5, 5.41) is 12.3. The number of β-lactam (4-membered cyclic amide) rings is 1. The van der Waals surface area contributed by atoms with Gasteiger partial charge < -0.3 is 24.9 Å². The van der Waals surface area contributed by atoms with E-state index in [-0.39, 0.29) is 23.7 Å². The van der Waals surface area contributed by atoms with Crippen LogP contribution < -0.4 is 15.4 Å². The van der Waals surface area contributed by atoms with E-state index >= 15 is 0 Å². The fraction of sp³-hybridized carbons (Fsp3) is 0.174. The number of thioether (sulfide) groups is 1. The number of allylic oxidation sites excluding steroid dienone is 1. The largest absolute Gasteiger partial charge is 0.497 e. The normalized spacial score (nSPS) is 16.5. The Morgan fingerprint density at radius 1 is 0.885 bits per heavy atom. The second kappa shape index (κ2) is 18.4. The van der Waals surface area contributed by atoms with Crippen molar-refractivity contribution in [3.05, 3.63) is 182 Å². The van der Waals surface area contributed by atoms with Gasteiger partial charge in [0, 0.05) is 16.0 Å². The number of anilines is 1. The molecule has 2 N–H and O–H groups in total. The molecular formula is C46H40N6O6S3. The van der Waals surface area contributed by atoms with Crippen molar-refractivity contribution in [1.29, 1.82) is 0 Å². The van der Waals surface area contributed by atoms with Gasteiger partial charge in [-0.15, -0.1) is 34.4 Å². The van der Waals surface area contributed by atoms with Gasteiger partial charge in [-0.3, -0.25) is 14.5 Å². The van der Waals surface area contributed by atoms with Gasteiger partial charge in [-0.2, -0.15) is 0 Å². The monoisotopic (exact) mass is 868 g/mol. The first-order chi connectivity index (χ1) is 29.8. The molecule has 4 aromatic carbocycles. The molecular weight excluding hydrogens is 829 g/mol. The third-order valence-corrected chi connectivity index (χ3v) is 13.2. The number of carbonyl (C=O) groups excluding carboxylic acids is 3. The molecule has 1 fully saturated rings. The number of methoxy groups -OCH3 is 1. The summed E-state index contributed by atoms with van der Waals surface area (Å²) in [5.41, 5.74) is 6.36. The summed E-state index contributed by atoms with van der Waals surface area (Å²) in [4.78, 5) is 58.6. The van der Waals surface area contributed by atoms with Crippen molar-refractivity contribution in [3.8, 4) is 5.75 Å². The highest BCUT2D eigenvalue weighted by Crippen LogP contribution is 2.43. The molecule has 2 aromatic heterocycles. The minimum atomic E-state index is -0.962. The molecule has 0 saturated carbocycles. The first-order valence-electron chi connectivity index (χ1n) is 19.2. The highest BCUT2D eigenvalue weighted by Gasteiger charge is 2.54. The Balaban J connectivity index is 1.04. The van der Waals surface area contributed by atoms with Gasteiger partial charge in [0.15, 0.2) is 10.8 Å². The second-order valence-corrected chi connectivity index (χ2v) is 16.8. The molecule has 0 radical (unpaired) electrons. The van der Waals surface area contributed by atoms with Gasteiger partial charge in [-0.1, -0.05) is 114 Å². The van der Waals surface area contributed by atoms with E-state index in [1.807, 2.05) is 73.7 Å². The summed E-state index contributed by atoms with van der Waals surface area (Å²) in [5.74, 6) is -0.707. The highest BCUT2D eigenvalue weighted by molar-refractivity contribution is 8.00. The Morgan fingerprint density at radius 2 is 1.52 bits per heavy atom. The first kappa shape index (κ1) is 41.2. The molecule has 2 amide bonds. The van der Waals surface area contributed by atoms with Gasteiger partial charge >= 0.3 is 5.97 Å². The molecule has 308 valence electrons. The number of carbonyl (C=O) groups is 3. The van der Waals surface area contributed by atoms with Crippen molar-refractivity contribution in [2.24, 2.45) is 5.16 Å². The van der Waals surface area contributed by atoms with Gasteiger partial charge in [0.25, 0.3) is 11.8 Å². The predicted octanol–water partition coefficient (Wildman–Crippen LogP) is 7.78. The second-order valence-electron chi connectivity index (χ2n) is 13.9. The van der Waals surface area contributed by atoms with Crippen LogP contribution in [-0.2, 0) is 36.1 Å². The maximum absolute atomic E-state index is 14.1. The van der Waals surface area contributed by atoms with Crippen LogP contribution in [0.4, 0.5) is 5.13 Å². The molecule has 2 atom stereocenters. The first-order valence-corrected chi connectivity index (χ1v) is 22.0. The van der Waals surface area contributed by atoms with Crippen molar-refractivity contribution >= 4 is 69.1 Å². The number of rotatable bonds is 15. The molecule has 2 aliphatic rings. The maximum atomic E-state index is 14.1. The average Bonchev–Trinajstić information content (AvgIpc) is 3.96. The van der Waals surface area contributed by atoms with Crippen LogP contribution in [0.1, 0.15) is 38.5 Å². The number of aryl methyl sites for hydroxylation is 1. The van der Waals surface area contributed by atoms with E-state index in [9.17, 15) is 14.4 Å². The number of fused-ring (bicyclic) bond motifs is 1. The lowest BCUT2D eigenvalue weighted by atomic mass is 9.77. The number of benzene rings is 4. The van der Waals surface area contributed by atoms with E-state index in [4.69, 9.17) is 19.3 Å². The number of esters is 1. The molecule has 0 bridgehead atoms. The fourth-order valence-electron chi connectivity index (χ4n) is 7.23. The number of amides is 2. The molecule has 1 saturated heterocycles. The highest BCUT2D eigenvalue weighted by atomic mass is 32.2. The molecule has 6 aromatic rings. The van der Waals surface area contributed by atoms with Crippen LogP contribution in [0.15, 0.2) is 149 Å². The topological polar surface area (TPSA) is 144 Å². The van der Waals surface area contributed by atoms with Crippen molar-refractivity contribution in [2.75, 3.05) is 25.3 Å². The molecule has 0 aliphatic carbocycles. The summed E-state index contributed by atoms with van der Waals surface area (Å²) < 4.78 is 11.0. The molecule has 15 heteroatoms. The van der Waals surface area contributed by atoms with E-state index < -0.39 is 34.7 Å². The molecule has 12 nitrogen and oxygen atoms in total. The summed E-state index contributed by atoms with van der Waals surface area (Å²) in [7, 11) is 2.92. The summed E-state index contributed by atoms with van der Waals surface area (Å²) in [6, 6.07) is 36.5. The lowest BCUT2D eigenvalue weighted by Crippen LogP contribution is -2.71. The van der Waals surface area contributed by atoms with Crippen LogP contribution in [-0.4, -0.2) is 69.8 Å². The van der Waals surface area contributed by atoms with Crippen LogP contribution in [0, 0.1) is 6.92 Å². The van der Waals surface area contributed by atoms with Crippen LogP contribution in [0.3, 0.4) is 0 Å². The SMILES string of the molecule is CON=C(C(=O)NC1C(=O)N2C(C(=O)OCc3ccc(OC)cc3)=C(C=Cc3scnc3C)CS[C@@H]12)c1csc(NC(c2ccccc2)(c2ccccc2)c2ccccc2)n1. The zero-order valence-corrected chi connectivity index (χ0v) is 35.8. The number of hydrogen-bond donors (Lipinski definition) is 2. The number of hydrogen-bond acceptors (Lipinski definition) is 13. The number of ether oxygens (including phenoxy) is 2.